The van der Waals surface area contributed by atoms with Crippen LogP contribution in [0.3, 0.4) is 0 Å². The third kappa shape index (κ3) is 19.5. The lowest BCUT2D eigenvalue weighted by Gasteiger charge is -2.13. The number of hydrogen-bond acceptors (Lipinski definition) is 7. The van der Waals surface area contributed by atoms with Crippen LogP contribution in [0.5, 0.6) is 11.5 Å². The predicted molar refractivity (Wildman–Crippen MR) is 151 cm³/mol. The van der Waals surface area contributed by atoms with Gasteiger partial charge in [0.2, 0.25) is 5.91 Å². The number of amides is 1. The Bertz CT molecular complexity index is 788. The van der Waals surface area contributed by atoms with Crippen molar-refractivity contribution in [1.29, 1.82) is 0 Å². The van der Waals surface area contributed by atoms with Gasteiger partial charge in [-0.15, -0.1) is 0 Å². The first-order chi connectivity index (χ1) is 18.2. The first kappa shape index (κ1) is 35.4. The molecule has 9 nitrogen and oxygen atoms in total. The third-order valence-corrected chi connectivity index (χ3v) is 6.21. The molecule has 38 heavy (non-hydrogen) atoms. The number of benzene rings is 1. The van der Waals surface area contributed by atoms with Crippen molar-refractivity contribution in [3.63, 3.8) is 0 Å². The molecular formula is C29H51N3O6. The average Bonchev–Trinajstić information content (AvgIpc) is 2.87. The molecule has 0 spiro atoms. The van der Waals surface area contributed by atoms with Crippen LogP contribution in [0.4, 0.5) is 0 Å². The lowest BCUT2D eigenvalue weighted by Crippen LogP contribution is -2.35. The maximum Gasteiger partial charge on any atom is 0.328 e. The van der Waals surface area contributed by atoms with E-state index in [1.54, 1.807) is 12.1 Å². The summed E-state index contributed by atoms with van der Waals surface area (Å²) in [6.45, 7) is 2.49. The summed E-state index contributed by atoms with van der Waals surface area (Å²) in [5.74, 6) is -1.94. The molecule has 0 aliphatic rings. The second-order valence-electron chi connectivity index (χ2n) is 9.72. The Labute approximate surface area is 228 Å². The number of ether oxygens (including phenoxy) is 1. The third-order valence-electron chi connectivity index (χ3n) is 6.21. The molecule has 0 aromatic heterocycles. The van der Waals surface area contributed by atoms with Gasteiger partial charge in [-0.25, -0.2) is 4.79 Å². The zero-order valence-electron chi connectivity index (χ0n) is 23.3. The van der Waals surface area contributed by atoms with Crippen molar-refractivity contribution in [2.24, 2.45) is 17.2 Å². The Hall–Kier alpha value is -2.65. The molecule has 8 N–H and O–H groups in total. The van der Waals surface area contributed by atoms with Crippen molar-refractivity contribution < 1.29 is 29.3 Å². The van der Waals surface area contributed by atoms with Gasteiger partial charge in [0.25, 0.3) is 0 Å². The Kier molecular flexibility index (Phi) is 21.8. The second kappa shape index (κ2) is 23.5. The van der Waals surface area contributed by atoms with Gasteiger partial charge in [-0.3, -0.25) is 9.59 Å². The monoisotopic (exact) mass is 537 g/mol. The summed E-state index contributed by atoms with van der Waals surface area (Å²) < 4.78 is 5.23. The fourth-order valence-corrected chi connectivity index (χ4v) is 3.91. The maximum atomic E-state index is 12.1. The smallest absolute Gasteiger partial charge is 0.328 e. The van der Waals surface area contributed by atoms with Crippen molar-refractivity contribution >= 4 is 17.8 Å². The summed E-state index contributed by atoms with van der Waals surface area (Å²) in [6.07, 6.45) is 17.8. The van der Waals surface area contributed by atoms with Crippen LogP contribution >= 0.6 is 0 Å². The number of aliphatic carboxylic acids is 1. The maximum absolute atomic E-state index is 12.1. The van der Waals surface area contributed by atoms with Crippen LogP contribution in [0.2, 0.25) is 0 Å². The van der Waals surface area contributed by atoms with Gasteiger partial charge in [0, 0.05) is 13.0 Å². The molecule has 1 amide bonds. The van der Waals surface area contributed by atoms with Crippen molar-refractivity contribution in [3.8, 4) is 11.5 Å². The highest BCUT2D eigenvalue weighted by Gasteiger charge is 2.19. The highest BCUT2D eigenvalue weighted by atomic mass is 16.5. The van der Waals surface area contributed by atoms with E-state index in [1.165, 1.54) is 70.6 Å². The Balaban J connectivity index is 0.00000203. The van der Waals surface area contributed by atoms with Crippen molar-refractivity contribution in [2.45, 2.75) is 122 Å². The summed E-state index contributed by atoms with van der Waals surface area (Å²) in [5.41, 5.74) is 16.4. The number of para-hydroxylation sites is 1. The number of primary amides is 1. The number of aryl methyl sites for hydroxylation is 1. The Morgan fingerprint density at radius 1 is 0.868 bits per heavy atom. The molecule has 0 fully saturated rings. The molecule has 0 heterocycles. The Morgan fingerprint density at radius 3 is 1.84 bits per heavy atom. The number of aromatic hydroxyl groups is 1. The van der Waals surface area contributed by atoms with E-state index in [2.05, 4.69) is 6.92 Å². The van der Waals surface area contributed by atoms with Crippen LogP contribution in [0.1, 0.15) is 115 Å². The van der Waals surface area contributed by atoms with Gasteiger partial charge in [0.1, 0.15) is 6.04 Å². The predicted octanol–water partition coefficient (Wildman–Crippen LogP) is 4.94. The van der Waals surface area contributed by atoms with Gasteiger partial charge < -0.3 is 32.2 Å². The summed E-state index contributed by atoms with van der Waals surface area (Å²) >= 11 is 0. The summed E-state index contributed by atoms with van der Waals surface area (Å²) in [4.78, 5) is 32.4. The number of carboxylic acids is 1. The van der Waals surface area contributed by atoms with Gasteiger partial charge in [-0.2, -0.15) is 0 Å². The minimum atomic E-state index is -0.952. The molecule has 218 valence electrons. The van der Waals surface area contributed by atoms with Crippen molar-refractivity contribution in [1.82, 2.24) is 0 Å². The molecule has 0 radical (unpaired) electrons. The number of unbranched alkanes of at least 4 members (excludes halogenated alkanes) is 12. The quantitative estimate of drug-likeness (QED) is 0.0830. The summed E-state index contributed by atoms with van der Waals surface area (Å²) in [6, 6.07) is 4.20. The van der Waals surface area contributed by atoms with Gasteiger partial charge in [0.05, 0.1) is 6.42 Å². The molecule has 1 rings (SSSR count). The normalized spacial score (nSPS) is 11.3. The van der Waals surface area contributed by atoms with E-state index in [0.29, 0.717) is 0 Å². The zero-order valence-corrected chi connectivity index (χ0v) is 23.3. The number of nitrogens with two attached hydrogens (primary N) is 3. The number of carboxylic acid groups (broad SMARTS) is 1. The van der Waals surface area contributed by atoms with Crippen LogP contribution in [0.15, 0.2) is 18.2 Å². The lowest BCUT2D eigenvalue weighted by molar-refractivity contribution is -0.137. The van der Waals surface area contributed by atoms with Gasteiger partial charge in [-0.05, 0) is 30.9 Å². The van der Waals surface area contributed by atoms with E-state index in [4.69, 9.17) is 27.0 Å². The Morgan fingerprint density at radius 2 is 1.39 bits per heavy atom. The van der Waals surface area contributed by atoms with Crippen LogP contribution < -0.4 is 21.9 Å². The number of phenols is 1. The van der Waals surface area contributed by atoms with E-state index in [-0.39, 0.29) is 37.3 Å². The molecule has 0 aliphatic carbocycles. The van der Waals surface area contributed by atoms with E-state index < -0.39 is 23.9 Å². The first-order valence-corrected chi connectivity index (χ1v) is 14.2. The molecule has 1 aromatic rings. The molecule has 0 bridgehead atoms. The van der Waals surface area contributed by atoms with Gasteiger partial charge >= 0.3 is 11.9 Å². The molecule has 1 atom stereocenters. The molecule has 0 unspecified atom stereocenters. The number of carbonyl (C=O) groups is 3. The molecule has 1 aromatic carbocycles. The zero-order chi connectivity index (χ0) is 28.6. The van der Waals surface area contributed by atoms with Crippen LogP contribution in [0, 0.1) is 0 Å². The molecule has 0 aliphatic heterocycles. The van der Waals surface area contributed by atoms with E-state index >= 15 is 0 Å². The lowest BCUT2D eigenvalue weighted by atomic mass is 10.0. The van der Waals surface area contributed by atoms with Crippen LogP contribution in [0.25, 0.3) is 0 Å². The van der Waals surface area contributed by atoms with E-state index in [0.717, 1.165) is 24.8 Å². The number of phenolic OH excluding ortho intramolecular Hbond substituents is 1. The molecule has 0 saturated heterocycles. The standard InChI is InChI=1S/C26H44N2O4.C3H7NO2/c1-2-3-4-5-6-7-8-9-10-11-12-13-14-16-21-17-15-18-23(25(21)30)32-26(31)22(27)19-20-24(28)29;4-2-1-3(5)6/h15,17-18,22,30H,2-14,16,19-20,27H2,1H3,(H2,28,29);1-2,4H2,(H,5,6)/t22-;/m0./s1. The number of esters is 1. The topological polar surface area (TPSA) is 179 Å². The second-order valence-corrected chi connectivity index (χ2v) is 9.72. The largest absolute Gasteiger partial charge is 0.504 e. The van der Waals surface area contributed by atoms with Crippen molar-refractivity contribution in [2.75, 3.05) is 6.54 Å². The van der Waals surface area contributed by atoms with Crippen molar-refractivity contribution in [3.05, 3.63) is 23.8 Å². The van der Waals surface area contributed by atoms with E-state index in [1.807, 2.05) is 6.07 Å². The van der Waals surface area contributed by atoms with Gasteiger partial charge in [0.15, 0.2) is 11.5 Å². The minimum absolute atomic E-state index is 0.0121. The summed E-state index contributed by atoms with van der Waals surface area (Å²) in [5, 5.41) is 18.3. The molecule has 9 heteroatoms. The highest BCUT2D eigenvalue weighted by molar-refractivity contribution is 5.80. The average molecular weight is 538 g/mol. The van der Waals surface area contributed by atoms with Crippen LogP contribution in [-0.4, -0.2) is 40.6 Å². The minimum Gasteiger partial charge on any atom is -0.504 e. The molecule has 0 saturated carbocycles. The summed E-state index contributed by atoms with van der Waals surface area (Å²) in [7, 11) is 0. The fourth-order valence-electron chi connectivity index (χ4n) is 3.91. The SMILES string of the molecule is CCCCCCCCCCCCCCCc1cccc(OC(=O)[C@@H](N)CCC(N)=O)c1O.NCCC(=O)O. The number of carbonyl (C=O) groups excluding carboxylic acids is 2. The number of hydrogen-bond donors (Lipinski definition) is 5. The number of rotatable bonds is 21. The van der Waals surface area contributed by atoms with Gasteiger partial charge in [-0.1, -0.05) is 96.1 Å². The van der Waals surface area contributed by atoms with Crippen LogP contribution in [-0.2, 0) is 20.8 Å². The fraction of sp³-hybridized carbons (Fsp3) is 0.690. The van der Waals surface area contributed by atoms with E-state index in [9.17, 15) is 19.5 Å². The molecular weight excluding hydrogens is 486 g/mol. The first-order valence-electron chi connectivity index (χ1n) is 14.2. The highest BCUT2D eigenvalue weighted by Crippen LogP contribution is 2.31.